The van der Waals surface area contributed by atoms with E-state index in [0.717, 1.165) is 12.1 Å². The van der Waals surface area contributed by atoms with Crippen LogP contribution in [0.15, 0.2) is 6.07 Å². The first-order valence-corrected chi connectivity index (χ1v) is 6.11. The Balaban J connectivity index is 0.00000361. The summed E-state index contributed by atoms with van der Waals surface area (Å²) in [6.45, 7) is 6.11. The van der Waals surface area contributed by atoms with Gasteiger partial charge in [0.1, 0.15) is 0 Å². The number of aromatic amines is 1. The van der Waals surface area contributed by atoms with Crippen molar-refractivity contribution in [3.8, 4) is 0 Å². The molecule has 0 spiro atoms. The molecular weight excluding hydrogens is 282 g/mol. The number of rotatable bonds is 5. The molecule has 0 saturated heterocycles. The molecule has 0 atom stereocenters. The van der Waals surface area contributed by atoms with Gasteiger partial charge in [-0.2, -0.15) is 5.10 Å². The number of carbonyl (C=O) groups is 2. The summed E-state index contributed by atoms with van der Waals surface area (Å²) in [5.74, 6) is -0.257. The first-order valence-electron chi connectivity index (χ1n) is 6.11. The zero-order valence-corrected chi connectivity index (χ0v) is 12.8. The molecule has 0 fully saturated rings. The van der Waals surface area contributed by atoms with Crippen LogP contribution in [0.2, 0.25) is 0 Å². The van der Waals surface area contributed by atoms with E-state index in [2.05, 4.69) is 41.6 Å². The van der Waals surface area contributed by atoms with Crippen LogP contribution in [0.25, 0.3) is 0 Å². The van der Waals surface area contributed by atoms with Crippen molar-refractivity contribution < 1.29 is 9.59 Å². The van der Waals surface area contributed by atoms with E-state index < -0.39 is 0 Å². The van der Waals surface area contributed by atoms with Crippen molar-refractivity contribution in [3.05, 3.63) is 11.8 Å². The maximum atomic E-state index is 11.5. The third-order valence-corrected chi connectivity index (χ3v) is 2.25. The van der Waals surface area contributed by atoms with Crippen LogP contribution >= 0.6 is 12.4 Å². The lowest BCUT2D eigenvalue weighted by Crippen LogP contribution is -2.36. The van der Waals surface area contributed by atoms with Gasteiger partial charge < -0.3 is 16.4 Å². The number of carbonyl (C=O) groups excluding carboxylic acids is 2. The van der Waals surface area contributed by atoms with Crippen molar-refractivity contribution in [1.82, 2.24) is 15.5 Å². The molecule has 0 bridgehead atoms. The van der Waals surface area contributed by atoms with E-state index >= 15 is 0 Å². The minimum atomic E-state index is -0.370. The smallest absolute Gasteiger partial charge is 0.244 e. The highest BCUT2D eigenvalue weighted by Crippen LogP contribution is 2.20. The lowest BCUT2D eigenvalue weighted by Gasteiger charge is -2.15. The quantitative estimate of drug-likeness (QED) is 0.632. The Morgan fingerprint density at radius 2 is 2.00 bits per heavy atom. The van der Waals surface area contributed by atoms with Crippen LogP contribution in [-0.4, -0.2) is 35.1 Å². The van der Waals surface area contributed by atoms with Gasteiger partial charge in [-0.1, -0.05) is 20.8 Å². The van der Waals surface area contributed by atoms with Gasteiger partial charge in [0.2, 0.25) is 11.8 Å². The van der Waals surface area contributed by atoms with Crippen LogP contribution in [0.1, 0.15) is 26.5 Å². The number of H-pyrrole nitrogens is 1. The van der Waals surface area contributed by atoms with Crippen LogP contribution in [0.5, 0.6) is 0 Å². The zero-order valence-electron chi connectivity index (χ0n) is 11.9. The van der Waals surface area contributed by atoms with E-state index in [4.69, 9.17) is 5.73 Å². The van der Waals surface area contributed by atoms with E-state index in [1.165, 1.54) is 0 Å². The number of anilines is 1. The van der Waals surface area contributed by atoms with Gasteiger partial charge in [0, 0.05) is 11.8 Å². The number of nitrogens with zero attached hydrogens (tertiary/aromatic N) is 1. The highest BCUT2D eigenvalue weighted by Gasteiger charge is 2.14. The van der Waals surface area contributed by atoms with Gasteiger partial charge in [0.15, 0.2) is 5.82 Å². The molecule has 0 aliphatic carbocycles. The van der Waals surface area contributed by atoms with Gasteiger partial charge >= 0.3 is 0 Å². The number of nitrogens with one attached hydrogen (secondary N) is 3. The van der Waals surface area contributed by atoms with Crippen LogP contribution in [-0.2, 0) is 16.0 Å². The highest BCUT2D eigenvalue weighted by atomic mass is 35.5. The molecule has 1 aromatic rings. The lowest BCUT2D eigenvalue weighted by molar-refractivity contribution is -0.123. The fraction of sp³-hybridized carbons (Fsp3) is 0.583. The van der Waals surface area contributed by atoms with Crippen molar-refractivity contribution in [3.63, 3.8) is 0 Å². The minimum absolute atomic E-state index is 0. The van der Waals surface area contributed by atoms with Crippen LogP contribution in [0.4, 0.5) is 5.82 Å². The van der Waals surface area contributed by atoms with Crippen molar-refractivity contribution >= 4 is 30.0 Å². The van der Waals surface area contributed by atoms with Crippen LogP contribution in [0.3, 0.4) is 0 Å². The molecule has 0 aliphatic rings. The minimum Gasteiger partial charge on any atom is -0.346 e. The number of hydrogen-bond donors (Lipinski definition) is 4. The maximum Gasteiger partial charge on any atom is 0.244 e. The van der Waals surface area contributed by atoms with Crippen molar-refractivity contribution in [2.45, 2.75) is 27.2 Å². The average Bonchev–Trinajstić information content (AvgIpc) is 2.70. The molecule has 0 aromatic carbocycles. The third kappa shape index (κ3) is 7.10. The Bertz CT molecular complexity index is 453. The van der Waals surface area contributed by atoms with Crippen molar-refractivity contribution in [2.75, 3.05) is 18.4 Å². The molecule has 114 valence electrons. The van der Waals surface area contributed by atoms with Gasteiger partial charge in [-0.15, -0.1) is 12.4 Å². The molecule has 0 unspecified atom stereocenters. The van der Waals surface area contributed by atoms with E-state index in [0.29, 0.717) is 5.82 Å². The first kappa shape index (κ1) is 18.4. The summed E-state index contributed by atoms with van der Waals surface area (Å²) in [5, 5.41) is 11.8. The Morgan fingerprint density at radius 1 is 1.35 bits per heavy atom. The number of halogens is 1. The summed E-state index contributed by atoms with van der Waals surface area (Å²) in [4.78, 5) is 22.4. The zero-order chi connectivity index (χ0) is 14.5. The third-order valence-electron chi connectivity index (χ3n) is 2.25. The maximum absolute atomic E-state index is 11.5. The Morgan fingerprint density at radius 3 is 2.55 bits per heavy atom. The fourth-order valence-electron chi connectivity index (χ4n) is 1.53. The summed E-state index contributed by atoms with van der Waals surface area (Å²) in [6, 6.07) is 1.79. The Kier molecular flexibility index (Phi) is 7.23. The summed E-state index contributed by atoms with van der Waals surface area (Å²) in [7, 11) is 0. The molecule has 5 N–H and O–H groups in total. The lowest BCUT2D eigenvalue weighted by atomic mass is 9.91. The second-order valence-corrected chi connectivity index (χ2v) is 5.54. The van der Waals surface area contributed by atoms with Crippen molar-refractivity contribution in [2.24, 2.45) is 11.1 Å². The van der Waals surface area contributed by atoms with E-state index in [9.17, 15) is 9.59 Å². The van der Waals surface area contributed by atoms with Gasteiger partial charge in [-0.25, -0.2) is 0 Å². The predicted octanol–water partition coefficient (Wildman–Crippen LogP) is 0.433. The van der Waals surface area contributed by atoms with Gasteiger partial charge in [0.25, 0.3) is 0 Å². The first-order chi connectivity index (χ1) is 8.80. The van der Waals surface area contributed by atoms with Crippen LogP contribution < -0.4 is 16.4 Å². The largest absolute Gasteiger partial charge is 0.346 e. The summed E-state index contributed by atoms with van der Waals surface area (Å²) in [6.07, 6.45) is 0.833. The SMILES string of the molecule is CC(C)(C)Cc1cc(NC(=O)CNC(=O)CN)n[nH]1.Cl. The van der Waals surface area contributed by atoms with Gasteiger partial charge in [0.05, 0.1) is 13.1 Å². The Hall–Kier alpha value is -1.60. The Labute approximate surface area is 124 Å². The predicted molar refractivity (Wildman–Crippen MR) is 79.7 cm³/mol. The number of nitrogens with two attached hydrogens (primary N) is 1. The van der Waals surface area contributed by atoms with E-state index in [1.807, 2.05) is 0 Å². The van der Waals surface area contributed by atoms with Gasteiger partial charge in [-0.3, -0.25) is 14.7 Å². The van der Waals surface area contributed by atoms with E-state index in [-0.39, 0.29) is 42.7 Å². The molecule has 0 saturated carbocycles. The molecule has 0 radical (unpaired) electrons. The normalized spacial score (nSPS) is 10.6. The number of aromatic nitrogens is 2. The molecule has 0 aliphatic heterocycles. The molecule has 8 heteroatoms. The second-order valence-electron chi connectivity index (χ2n) is 5.54. The highest BCUT2D eigenvalue weighted by molar-refractivity contribution is 5.94. The monoisotopic (exact) mass is 303 g/mol. The summed E-state index contributed by atoms with van der Waals surface area (Å²) >= 11 is 0. The summed E-state index contributed by atoms with van der Waals surface area (Å²) < 4.78 is 0. The summed E-state index contributed by atoms with van der Waals surface area (Å²) in [5.41, 5.74) is 6.21. The van der Waals surface area contributed by atoms with E-state index in [1.54, 1.807) is 6.07 Å². The standard InChI is InChI=1S/C12H21N5O2.ClH/c1-12(2,3)5-8-4-9(17-16-8)15-11(19)7-14-10(18)6-13;/h4H,5-7,13H2,1-3H3,(H,14,18)(H2,15,16,17,19);1H. The molecule has 1 heterocycles. The average molecular weight is 304 g/mol. The molecule has 20 heavy (non-hydrogen) atoms. The molecule has 1 rings (SSSR count). The van der Waals surface area contributed by atoms with Crippen LogP contribution in [0, 0.1) is 5.41 Å². The van der Waals surface area contributed by atoms with Crippen molar-refractivity contribution in [1.29, 1.82) is 0 Å². The fourth-order valence-corrected chi connectivity index (χ4v) is 1.53. The van der Waals surface area contributed by atoms with Gasteiger partial charge in [-0.05, 0) is 11.8 Å². The second kappa shape index (κ2) is 7.86. The topological polar surface area (TPSA) is 113 Å². The molecule has 1 aromatic heterocycles. The number of amides is 2. The number of hydrogen-bond acceptors (Lipinski definition) is 4. The molecular formula is C12H22ClN5O2. The molecule has 2 amide bonds. The molecule has 7 nitrogen and oxygen atoms in total.